The Morgan fingerprint density at radius 1 is 1.16 bits per heavy atom. The fourth-order valence-electron chi connectivity index (χ4n) is 2.12. The van der Waals surface area contributed by atoms with Gasteiger partial charge in [-0.25, -0.2) is 9.07 Å². The molecule has 3 aromatic rings. The second-order valence-corrected chi connectivity index (χ2v) is 5.13. The van der Waals surface area contributed by atoms with Crippen LogP contribution < -0.4 is 14.8 Å². The largest absolute Gasteiger partial charge is 0.497 e. The molecule has 0 aliphatic rings. The van der Waals surface area contributed by atoms with Gasteiger partial charge in [0.05, 0.1) is 7.11 Å². The lowest BCUT2D eigenvalue weighted by atomic mass is 10.3. The van der Waals surface area contributed by atoms with E-state index in [2.05, 4.69) is 10.4 Å². The van der Waals surface area contributed by atoms with Gasteiger partial charge in [-0.2, -0.15) is 5.10 Å². The van der Waals surface area contributed by atoms with Crippen LogP contribution in [-0.2, 0) is 6.73 Å². The van der Waals surface area contributed by atoms with Gasteiger partial charge in [0, 0.05) is 11.9 Å². The van der Waals surface area contributed by atoms with Crippen LogP contribution >= 0.6 is 0 Å². The molecule has 0 aliphatic heterocycles. The zero-order valence-corrected chi connectivity index (χ0v) is 13.5. The maximum Gasteiger partial charge on any atom is 0.276 e. The molecule has 0 atom stereocenters. The van der Waals surface area contributed by atoms with Gasteiger partial charge in [-0.3, -0.25) is 4.79 Å². The SMILES string of the molecule is COc1ccc(NC(=O)c2ccn(COc3ccccc3F)n2)cc1. The van der Waals surface area contributed by atoms with Gasteiger partial charge in [-0.1, -0.05) is 12.1 Å². The highest BCUT2D eigenvalue weighted by molar-refractivity contribution is 6.02. The van der Waals surface area contributed by atoms with E-state index < -0.39 is 5.82 Å². The predicted octanol–water partition coefficient (Wildman–Crippen LogP) is 3.32. The maximum absolute atomic E-state index is 13.5. The van der Waals surface area contributed by atoms with Crippen LogP contribution in [0.25, 0.3) is 0 Å². The number of halogens is 1. The van der Waals surface area contributed by atoms with Gasteiger partial charge in [0.1, 0.15) is 5.75 Å². The molecule has 128 valence electrons. The lowest BCUT2D eigenvalue weighted by molar-refractivity contribution is 0.102. The number of hydrogen-bond donors (Lipinski definition) is 1. The van der Waals surface area contributed by atoms with Crippen molar-refractivity contribution >= 4 is 11.6 Å². The Kier molecular flexibility index (Phi) is 4.94. The number of methoxy groups -OCH3 is 1. The van der Waals surface area contributed by atoms with Crippen molar-refractivity contribution in [1.29, 1.82) is 0 Å². The summed E-state index contributed by atoms with van der Waals surface area (Å²) < 4.78 is 25.3. The Bertz CT molecular complexity index is 862. The van der Waals surface area contributed by atoms with Crippen LogP contribution in [-0.4, -0.2) is 22.8 Å². The first-order chi connectivity index (χ1) is 12.2. The van der Waals surface area contributed by atoms with E-state index in [4.69, 9.17) is 9.47 Å². The molecular formula is C18H16FN3O3. The number of ether oxygens (including phenoxy) is 2. The Morgan fingerprint density at radius 2 is 1.92 bits per heavy atom. The molecule has 0 spiro atoms. The van der Waals surface area contributed by atoms with Crippen molar-refractivity contribution in [2.45, 2.75) is 6.73 Å². The molecule has 25 heavy (non-hydrogen) atoms. The van der Waals surface area contributed by atoms with E-state index in [0.717, 1.165) is 0 Å². The van der Waals surface area contributed by atoms with Gasteiger partial charge in [0.15, 0.2) is 24.0 Å². The topological polar surface area (TPSA) is 65.4 Å². The van der Waals surface area contributed by atoms with Crippen molar-refractivity contribution in [1.82, 2.24) is 9.78 Å². The molecular weight excluding hydrogens is 325 g/mol. The van der Waals surface area contributed by atoms with Gasteiger partial charge >= 0.3 is 0 Å². The molecule has 7 heteroatoms. The fourth-order valence-corrected chi connectivity index (χ4v) is 2.12. The molecule has 0 bridgehead atoms. The second kappa shape index (κ2) is 7.48. The Hall–Kier alpha value is -3.35. The van der Waals surface area contributed by atoms with Gasteiger partial charge in [0.2, 0.25) is 0 Å². The zero-order chi connectivity index (χ0) is 17.6. The quantitative estimate of drug-likeness (QED) is 0.747. The summed E-state index contributed by atoms with van der Waals surface area (Å²) in [6.07, 6.45) is 1.59. The summed E-state index contributed by atoms with van der Waals surface area (Å²) in [5.74, 6) is 0.0248. The minimum absolute atomic E-state index is 0.00323. The number of nitrogens with one attached hydrogen (secondary N) is 1. The summed E-state index contributed by atoms with van der Waals surface area (Å²) in [6.45, 7) is -0.00323. The van der Waals surface area contributed by atoms with Gasteiger partial charge in [-0.05, 0) is 42.5 Å². The number of amides is 1. The Balaban J connectivity index is 1.60. The minimum Gasteiger partial charge on any atom is -0.497 e. The number of carbonyl (C=O) groups is 1. The lowest BCUT2D eigenvalue weighted by Crippen LogP contribution is -2.14. The number of benzene rings is 2. The van der Waals surface area contributed by atoms with Crippen LogP contribution in [0.3, 0.4) is 0 Å². The number of carbonyl (C=O) groups excluding carboxylic acids is 1. The van der Waals surface area contributed by atoms with Crippen molar-refractivity contribution in [2.24, 2.45) is 0 Å². The molecule has 0 saturated heterocycles. The highest BCUT2D eigenvalue weighted by Gasteiger charge is 2.10. The zero-order valence-electron chi connectivity index (χ0n) is 13.5. The second-order valence-electron chi connectivity index (χ2n) is 5.13. The van der Waals surface area contributed by atoms with E-state index in [-0.39, 0.29) is 24.1 Å². The number of anilines is 1. The van der Waals surface area contributed by atoms with E-state index in [9.17, 15) is 9.18 Å². The highest BCUT2D eigenvalue weighted by atomic mass is 19.1. The number of para-hydroxylation sites is 1. The molecule has 0 radical (unpaired) electrons. The smallest absolute Gasteiger partial charge is 0.276 e. The summed E-state index contributed by atoms with van der Waals surface area (Å²) in [4.78, 5) is 12.2. The van der Waals surface area contributed by atoms with E-state index in [0.29, 0.717) is 11.4 Å². The molecule has 0 fully saturated rings. The molecule has 2 aromatic carbocycles. The molecule has 1 aromatic heterocycles. The van der Waals surface area contributed by atoms with E-state index in [1.165, 1.54) is 16.8 Å². The van der Waals surface area contributed by atoms with Gasteiger partial charge in [0.25, 0.3) is 5.91 Å². The summed E-state index contributed by atoms with van der Waals surface area (Å²) in [5.41, 5.74) is 0.857. The van der Waals surface area contributed by atoms with E-state index >= 15 is 0 Å². The normalized spacial score (nSPS) is 10.3. The summed E-state index contributed by atoms with van der Waals surface area (Å²) >= 11 is 0. The molecule has 3 rings (SSSR count). The highest BCUT2D eigenvalue weighted by Crippen LogP contribution is 2.17. The first-order valence-electron chi connectivity index (χ1n) is 7.52. The summed E-state index contributed by atoms with van der Waals surface area (Å²) in [7, 11) is 1.57. The molecule has 1 heterocycles. The Morgan fingerprint density at radius 3 is 2.64 bits per heavy atom. The third-order valence-corrected chi connectivity index (χ3v) is 3.41. The number of rotatable bonds is 6. The predicted molar refractivity (Wildman–Crippen MR) is 90.2 cm³/mol. The van der Waals surface area contributed by atoms with Crippen molar-refractivity contribution < 1.29 is 18.7 Å². The molecule has 1 N–H and O–H groups in total. The number of nitrogens with zero attached hydrogens (tertiary/aromatic N) is 2. The van der Waals surface area contributed by atoms with Crippen LogP contribution in [0.5, 0.6) is 11.5 Å². The van der Waals surface area contributed by atoms with Crippen molar-refractivity contribution in [3.63, 3.8) is 0 Å². The maximum atomic E-state index is 13.5. The summed E-state index contributed by atoms with van der Waals surface area (Å²) in [5, 5.41) is 6.85. The van der Waals surface area contributed by atoms with Crippen molar-refractivity contribution in [2.75, 3.05) is 12.4 Å². The molecule has 0 saturated carbocycles. The fraction of sp³-hybridized carbons (Fsp3) is 0.111. The van der Waals surface area contributed by atoms with Crippen molar-refractivity contribution in [3.8, 4) is 11.5 Å². The van der Waals surface area contributed by atoms with Crippen LogP contribution in [0.15, 0.2) is 60.8 Å². The Labute approximate surface area is 143 Å². The average molecular weight is 341 g/mol. The molecule has 0 aliphatic carbocycles. The third-order valence-electron chi connectivity index (χ3n) is 3.41. The standard InChI is InChI=1S/C18H16FN3O3/c1-24-14-8-6-13(7-9-14)20-18(23)16-10-11-22(21-16)12-25-17-5-3-2-4-15(17)19/h2-11H,12H2,1H3,(H,20,23). The monoisotopic (exact) mass is 341 g/mol. The van der Waals surface area contributed by atoms with Crippen LogP contribution in [0, 0.1) is 5.82 Å². The molecule has 6 nitrogen and oxygen atoms in total. The van der Waals surface area contributed by atoms with Crippen LogP contribution in [0.4, 0.5) is 10.1 Å². The lowest BCUT2D eigenvalue weighted by Gasteiger charge is -2.07. The molecule has 1 amide bonds. The van der Waals surface area contributed by atoms with Crippen molar-refractivity contribution in [3.05, 3.63) is 72.3 Å². The van der Waals surface area contributed by atoms with E-state index in [1.807, 2.05) is 0 Å². The van der Waals surface area contributed by atoms with Crippen LogP contribution in [0.2, 0.25) is 0 Å². The third kappa shape index (κ3) is 4.14. The minimum atomic E-state index is -0.452. The number of hydrogen-bond acceptors (Lipinski definition) is 4. The van der Waals surface area contributed by atoms with Crippen LogP contribution in [0.1, 0.15) is 10.5 Å². The average Bonchev–Trinajstić information content (AvgIpc) is 3.11. The van der Waals surface area contributed by atoms with E-state index in [1.54, 1.807) is 55.8 Å². The van der Waals surface area contributed by atoms with Gasteiger partial charge < -0.3 is 14.8 Å². The van der Waals surface area contributed by atoms with Gasteiger partial charge in [-0.15, -0.1) is 0 Å². The summed E-state index contributed by atoms with van der Waals surface area (Å²) in [6, 6.07) is 14.6. The number of aromatic nitrogens is 2. The molecule has 0 unspecified atom stereocenters. The first kappa shape index (κ1) is 16.5. The first-order valence-corrected chi connectivity index (χ1v) is 7.52.